The molecule has 0 bridgehead atoms. The Kier molecular flexibility index (Phi) is 18.4. The third kappa shape index (κ3) is 10.7. The fourth-order valence-corrected chi connectivity index (χ4v) is 6.06. The van der Waals surface area contributed by atoms with Gasteiger partial charge in [-0.2, -0.15) is 0 Å². The first kappa shape index (κ1) is 41.3. The molecule has 2 aromatic heterocycles. The molecule has 1 aliphatic heterocycles. The molecular weight excluding hydrogens is 665 g/mol. The molecule has 0 aromatic carbocycles. The number of aromatic nitrogens is 4. The van der Waals surface area contributed by atoms with E-state index in [4.69, 9.17) is 4.74 Å². The van der Waals surface area contributed by atoms with Crippen LogP contribution in [0.25, 0.3) is 11.2 Å². The van der Waals surface area contributed by atoms with Crippen molar-refractivity contribution in [3.8, 4) is 0 Å². The molecule has 2 aromatic rings. The van der Waals surface area contributed by atoms with Crippen molar-refractivity contribution < 1.29 is 180 Å². The number of hydrogen-bond donors (Lipinski definition) is 3. The normalized spacial score (nSPS) is 24.9. The molecule has 0 aliphatic carbocycles. The average molecular weight is 675 g/mol. The van der Waals surface area contributed by atoms with Gasteiger partial charge in [-0.05, 0) is 15.9 Å². The van der Waals surface area contributed by atoms with Gasteiger partial charge in [0.1, 0.15) is 18.3 Å². The molecule has 0 amide bonds. The van der Waals surface area contributed by atoms with Crippen LogP contribution in [0.5, 0.6) is 0 Å². The van der Waals surface area contributed by atoms with E-state index in [1.165, 1.54) is 0 Å². The molecule has 1 aliphatic rings. The summed E-state index contributed by atoms with van der Waals surface area (Å²) in [7, 11) is -18.2. The molecule has 2 unspecified atom stereocenters. The molecule has 0 saturated carbocycles. The molecule has 1 fully saturated rings. The molecule has 0 radical (unpaired) electrons. The number of imidazole rings is 1. The van der Waals surface area contributed by atoms with Gasteiger partial charge >= 0.3 is 118 Å². The van der Waals surface area contributed by atoms with Crippen molar-refractivity contribution in [1.29, 1.82) is 0 Å². The van der Waals surface area contributed by atoms with E-state index in [0.717, 1.165) is 10.9 Å². The van der Waals surface area contributed by atoms with E-state index in [1.54, 1.807) is 0 Å². The van der Waals surface area contributed by atoms with Crippen LogP contribution in [-0.4, -0.2) is 54.7 Å². The van der Waals surface area contributed by atoms with Crippen molar-refractivity contribution in [2.75, 3.05) is 6.61 Å². The van der Waals surface area contributed by atoms with Crippen molar-refractivity contribution in [2.45, 2.75) is 24.5 Å². The molecule has 0 spiro atoms. The molecule has 1 saturated heterocycles. The summed E-state index contributed by atoms with van der Waals surface area (Å²) < 4.78 is 50.1. The topological polar surface area (TPSA) is 284 Å². The third-order valence-electron chi connectivity index (χ3n) is 3.83. The number of phosphoric ester groups is 1. The van der Waals surface area contributed by atoms with Crippen LogP contribution in [0.1, 0.15) is 6.23 Å². The number of aliphatic hydroxyl groups is 2. The maximum Gasteiger partial charge on any atom is 1.00 e. The minimum absolute atomic E-state index is 0. The second-order valence-electron chi connectivity index (χ2n) is 6.00. The van der Waals surface area contributed by atoms with Crippen molar-refractivity contribution in [3.63, 3.8) is 0 Å². The summed E-state index contributed by atoms with van der Waals surface area (Å²) in [4.78, 5) is 65.3. The average Bonchev–Trinajstić information content (AvgIpc) is 3.08. The second-order valence-corrected chi connectivity index (χ2v) is 11.0. The molecule has 36 heavy (non-hydrogen) atoms. The Morgan fingerprint density at radius 1 is 1.06 bits per heavy atom. The zero-order valence-corrected chi connectivity index (χ0v) is 31.2. The van der Waals surface area contributed by atoms with E-state index in [1.807, 2.05) is 0 Å². The number of rotatable bonds is 8. The quantitative estimate of drug-likeness (QED) is 0.133. The van der Waals surface area contributed by atoms with Crippen molar-refractivity contribution in [1.82, 2.24) is 19.5 Å². The molecule has 3 rings (SSSR count). The maximum absolute atomic E-state index is 11.8. The Morgan fingerprint density at radius 3 is 2.19 bits per heavy atom. The first-order valence-corrected chi connectivity index (χ1v) is 13.1. The van der Waals surface area contributed by atoms with E-state index in [0.29, 0.717) is 0 Å². The zero-order valence-electron chi connectivity index (χ0n) is 18.9. The van der Waals surface area contributed by atoms with Gasteiger partial charge in [0, 0.05) is 0 Å². The molecule has 6 atom stereocenters. The molecule has 26 heteroatoms. The number of phosphoric acid groups is 3. The summed E-state index contributed by atoms with van der Waals surface area (Å²) >= 11 is 3.04. The summed E-state index contributed by atoms with van der Waals surface area (Å²) in [5.74, 6) is 0. The SMILES string of the molecule is O=c1[nH]cnc2c1nc(Br)n2[C@@H]1O[C@H](COP(=O)([O-])OP(=O)([O-])OP(=O)([O-])[O-])[C@@H](O)[C@H]1O.[Na+].[Na+].[Na+].[Na+]. The molecule has 180 valence electrons. The summed E-state index contributed by atoms with van der Waals surface area (Å²) in [5, 5.41) is 20.4. The van der Waals surface area contributed by atoms with Crippen LogP contribution in [0, 0.1) is 0 Å². The van der Waals surface area contributed by atoms with Crippen LogP contribution in [0.2, 0.25) is 0 Å². The minimum Gasteiger partial charge on any atom is -0.790 e. The monoisotopic (exact) mass is 674 g/mol. The van der Waals surface area contributed by atoms with Gasteiger partial charge in [-0.15, -0.1) is 0 Å². The summed E-state index contributed by atoms with van der Waals surface area (Å²) in [6, 6.07) is 0. The van der Waals surface area contributed by atoms with Gasteiger partial charge in [-0.1, -0.05) is 0 Å². The van der Waals surface area contributed by atoms with Crippen molar-refractivity contribution in [3.05, 3.63) is 21.4 Å². The van der Waals surface area contributed by atoms with E-state index in [9.17, 15) is 48.3 Å². The number of nitrogens with zero attached hydrogens (tertiary/aromatic N) is 3. The molecule has 3 N–H and O–H groups in total. The van der Waals surface area contributed by atoms with Crippen LogP contribution in [0.3, 0.4) is 0 Å². The first-order valence-electron chi connectivity index (χ1n) is 7.94. The van der Waals surface area contributed by atoms with Crippen LogP contribution < -0.4 is 143 Å². The standard InChI is InChI=1S/C10H14BrN4O14P3.4Na/c11-10-14-4-7(12-2-13-8(4)18)15(10)9-6(17)5(16)3(27-9)1-26-31(22,23)29-32(24,25)28-30(19,20)21;;;;/h2-3,5-6,9,16-17H,1H2,(H,22,23)(H,24,25)(H,12,13,18)(H2,19,20,21);;;;/q;4*+1/p-4/t3-,5-,6-,9-;;;;/m1..../s1. The fourth-order valence-electron chi connectivity index (χ4n) is 2.65. The largest absolute Gasteiger partial charge is 1.00 e. The van der Waals surface area contributed by atoms with Crippen LogP contribution in [0.4, 0.5) is 0 Å². The van der Waals surface area contributed by atoms with Crippen LogP contribution in [-0.2, 0) is 31.6 Å². The van der Waals surface area contributed by atoms with Gasteiger partial charge in [0.25, 0.3) is 21.2 Å². The predicted octanol–water partition coefficient (Wildman–Crippen LogP) is -15.7. The van der Waals surface area contributed by atoms with E-state index in [2.05, 4.69) is 44.0 Å². The van der Waals surface area contributed by atoms with Gasteiger partial charge in [0.05, 0.1) is 20.8 Å². The summed E-state index contributed by atoms with van der Waals surface area (Å²) in [6.45, 7) is -1.12. The number of hydrogen-bond acceptors (Lipinski definition) is 16. The number of aromatic amines is 1. The van der Waals surface area contributed by atoms with Crippen molar-refractivity contribution in [2.24, 2.45) is 0 Å². The Hall–Kier alpha value is 3.12. The number of ether oxygens (including phenoxy) is 1. The van der Waals surface area contributed by atoms with E-state index >= 15 is 0 Å². The Balaban J connectivity index is 0. The third-order valence-corrected chi connectivity index (χ3v) is 8.05. The smallest absolute Gasteiger partial charge is 0.790 e. The van der Waals surface area contributed by atoms with Gasteiger partial charge in [-0.3, -0.25) is 22.8 Å². The summed E-state index contributed by atoms with van der Waals surface area (Å²) in [5.41, 5.74) is -0.848. The minimum atomic E-state index is -6.17. The molecule has 3 heterocycles. The van der Waals surface area contributed by atoms with E-state index in [-0.39, 0.29) is 134 Å². The summed E-state index contributed by atoms with van der Waals surface area (Å²) in [6.07, 6.45) is -5.56. The predicted molar refractivity (Wildman–Crippen MR) is 92.7 cm³/mol. The first-order chi connectivity index (χ1) is 14.6. The van der Waals surface area contributed by atoms with Crippen molar-refractivity contribution >= 4 is 50.6 Å². The van der Waals surface area contributed by atoms with Gasteiger partial charge < -0.3 is 48.6 Å². The van der Waals surface area contributed by atoms with Crippen LogP contribution in [0.15, 0.2) is 15.9 Å². The number of fused-ring (bicyclic) bond motifs is 1. The van der Waals surface area contributed by atoms with E-state index < -0.39 is 60.2 Å². The zero-order chi connectivity index (χ0) is 24.1. The van der Waals surface area contributed by atoms with Gasteiger partial charge in [0.15, 0.2) is 22.1 Å². The second kappa shape index (κ2) is 16.1. The van der Waals surface area contributed by atoms with Gasteiger partial charge in [-0.25, -0.2) is 14.3 Å². The van der Waals surface area contributed by atoms with Crippen LogP contribution >= 0.6 is 39.4 Å². The fraction of sp³-hybridized carbons (Fsp3) is 0.500. The molecule has 18 nitrogen and oxygen atoms in total. The Morgan fingerprint density at radius 2 is 1.64 bits per heavy atom. The number of halogens is 1. The molecular formula is C10H10BrN4Na4O14P3. The van der Waals surface area contributed by atoms with Gasteiger partial charge in [0.2, 0.25) is 0 Å². The number of aliphatic hydroxyl groups excluding tert-OH is 2. The number of nitrogens with one attached hydrogen (secondary N) is 1. The Bertz CT molecular complexity index is 1230. The maximum atomic E-state index is 11.8. The number of H-pyrrole nitrogens is 1. The Labute approximate surface area is 298 Å².